The molecule has 1 amide bonds. The van der Waals surface area contributed by atoms with E-state index in [-0.39, 0.29) is 18.2 Å². The molecule has 2 fully saturated rings. The van der Waals surface area contributed by atoms with Gasteiger partial charge in [0.1, 0.15) is 11.9 Å². The van der Waals surface area contributed by atoms with Crippen LogP contribution in [0.2, 0.25) is 0 Å². The van der Waals surface area contributed by atoms with Crippen LogP contribution in [0.4, 0.5) is 4.79 Å². The van der Waals surface area contributed by atoms with Crippen molar-refractivity contribution in [3.8, 4) is 5.75 Å². The van der Waals surface area contributed by atoms with Crippen LogP contribution < -0.4 is 4.74 Å². The smallest absolute Gasteiger partial charge is 0.410 e. The van der Waals surface area contributed by atoms with Crippen LogP contribution in [-0.2, 0) is 4.74 Å². The number of rotatable bonds is 3. The van der Waals surface area contributed by atoms with Crippen LogP contribution in [0.5, 0.6) is 5.75 Å². The number of nitrogens with zero attached hydrogens (tertiary/aromatic N) is 3. The van der Waals surface area contributed by atoms with Crippen molar-refractivity contribution >= 4 is 17.0 Å². The van der Waals surface area contributed by atoms with Gasteiger partial charge in [-0.05, 0) is 57.2 Å². The van der Waals surface area contributed by atoms with Crippen LogP contribution in [0.15, 0.2) is 30.5 Å². The quantitative estimate of drug-likeness (QED) is 0.859. The van der Waals surface area contributed by atoms with Gasteiger partial charge in [0.05, 0.1) is 19.2 Å². The highest BCUT2D eigenvalue weighted by atomic mass is 16.6. The van der Waals surface area contributed by atoms with Crippen molar-refractivity contribution in [1.82, 2.24) is 14.8 Å². The average Bonchev–Trinajstić information content (AvgIpc) is 3.03. The van der Waals surface area contributed by atoms with E-state index >= 15 is 0 Å². The summed E-state index contributed by atoms with van der Waals surface area (Å²) in [6.45, 7) is 2.65. The molecule has 0 spiro atoms. The van der Waals surface area contributed by atoms with Gasteiger partial charge in [0.25, 0.3) is 0 Å². The van der Waals surface area contributed by atoms with Crippen molar-refractivity contribution in [2.75, 3.05) is 33.8 Å². The lowest BCUT2D eigenvalue weighted by atomic mass is 10.0. The minimum absolute atomic E-state index is 0.201. The third-order valence-corrected chi connectivity index (χ3v) is 5.30. The summed E-state index contributed by atoms with van der Waals surface area (Å²) in [5, 5.41) is 0.977. The molecule has 3 heterocycles. The highest BCUT2D eigenvalue weighted by Gasteiger charge is 2.38. The van der Waals surface area contributed by atoms with Gasteiger partial charge in [-0.25, -0.2) is 4.79 Å². The number of benzene rings is 1. The predicted octanol–water partition coefficient (Wildman–Crippen LogP) is 2.83. The number of carbonyl (C=O) groups is 1. The van der Waals surface area contributed by atoms with E-state index in [1.165, 1.54) is 0 Å². The molecule has 0 radical (unpaired) electrons. The molecule has 0 saturated carbocycles. The normalized spacial score (nSPS) is 22.4. The van der Waals surface area contributed by atoms with Gasteiger partial charge in [-0.15, -0.1) is 0 Å². The SMILES string of the molecule is COc1ccc2nccc([C@H]3CN(C4CCN(C)CC4)C(=O)O3)c2c1. The fraction of sp³-hybridized carbons (Fsp3) is 0.474. The number of fused-ring (bicyclic) bond motifs is 1. The fourth-order valence-electron chi connectivity index (χ4n) is 3.80. The summed E-state index contributed by atoms with van der Waals surface area (Å²) in [6, 6.07) is 8.01. The van der Waals surface area contributed by atoms with Crippen LogP contribution in [0.1, 0.15) is 24.5 Å². The average molecular weight is 341 g/mol. The molecule has 132 valence electrons. The first kappa shape index (κ1) is 16.1. The molecule has 1 aromatic carbocycles. The van der Waals surface area contributed by atoms with Crippen LogP contribution in [0.3, 0.4) is 0 Å². The lowest BCUT2D eigenvalue weighted by Gasteiger charge is -2.33. The molecular weight excluding hydrogens is 318 g/mol. The highest BCUT2D eigenvalue weighted by molar-refractivity contribution is 5.84. The molecule has 0 bridgehead atoms. The molecule has 0 N–H and O–H groups in total. The number of amides is 1. The molecular formula is C19H23N3O3. The van der Waals surface area contributed by atoms with Crippen molar-refractivity contribution in [1.29, 1.82) is 0 Å². The summed E-state index contributed by atoms with van der Waals surface area (Å²) < 4.78 is 11.1. The van der Waals surface area contributed by atoms with E-state index in [0.29, 0.717) is 6.54 Å². The molecule has 2 aliphatic heterocycles. The Labute approximate surface area is 147 Å². The molecule has 0 unspecified atom stereocenters. The number of carbonyl (C=O) groups excluding carboxylic acids is 1. The van der Waals surface area contributed by atoms with Crippen LogP contribution in [0, 0.1) is 0 Å². The Morgan fingerprint density at radius 3 is 2.80 bits per heavy atom. The lowest BCUT2D eigenvalue weighted by molar-refractivity contribution is 0.117. The van der Waals surface area contributed by atoms with Gasteiger partial charge in [-0.1, -0.05) is 0 Å². The summed E-state index contributed by atoms with van der Waals surface area (Å²) in [5.74, 6) is 0.776. The Bertz CT molecular complexity index is 787. The van der Waals surface area contributed by atoms with Gasteiger partial charge in [-0.3, -0.25) is 4.98 Å². The van der Waals surface area contributed by atoms with E-state index < -0.39 is 0 Å². The predicted molar refractivity (Wildman–Crippen MR) is 94.7 cm³/mol. The number of hydrogen-bond donors (Lipinski definition) is 0. The van der Waals surface area contributed by atoms with Crippen molar-refractivity contribution in [2.45, 2.75) is 25.0 Å². The zero-order chi connectivity index (χ0) is 17.4. The lowest BCUT2D eigenvalue weighted by Crippen LogP contribution is -2.44. The largest absolute Gasteiger partial charge is 0.497 e. The molecule has 25 heavy (non-hydrogen) atoms. The van der Waals surface area contributed by atoms with Gasteiger partial charge in [-0.2, -0.15) is 0 Å². The zero-order valence-corrected chi connectivity index (χ0v) is 14.6. The molecule has 2 saturated heterocycles. The first-order valence-electron chi connectivity index (χ1n) is 8.74. The summed E-state index contributed by atoms with van der Waals surface area (Å²) in [6.07, 6.45) is 3.32. The number of likely N-dealkylation sites (tertiary alicyclic amines) is 1. The Morgan fingerprint density at radius 2 is 2.04 bits per heavy atom. The van der Waals surface area contributed by atoms with Crippen LogP contribution in [-0.4, -0.2) is 60.7 Å². The highest BCUT2D eigenvalue weighted by Crippen LogP contribution is 2.34. The third kappa shape index (κ3) is 3.02. The molecule has 1 atom stereocenters. The Balaban J connectivity index is 1.60. The summed E-state index contributed by atoms with van der Waals surface area (Å²) in [5.41, 5.74) is 1.87. The van der Waals surface area contributed by atoms with Crippen LogP contribution in [0.25, 0.3) is 10.9 Å². The second kappa shape index (κ2) is 6.52. The number of cyclic esters (lactones) is 1. The van der Waals surface area contributed by atoms with E-state index in [2.05, 4.69) is 16.9 Å². The number of ether oxygens (including phenoxy) is 2. The van der Waals surface area contributed by atoms with E-state index in [9.17, 15) is 4.79 Å². The second-order valence-corrected chi connectivity index (χ2v) is 6.84. The maximum Gasteiger partial charge on any atom is 0.410 e. The monoisotopic (exact) mass is 341 g/mol. The summed E-state index contributed by atoms with van der Waals surface area (Å²) in [7, 11) is 3.77. The topological polar surface area (TPSA) is 54.9 Å². The number of piperidine rings is 1. The fourth-order valence-corrected chi connectivity index (χ4v) is 3.80. The number of methoxy groups -OCH3 is 1. The van der Waals surface area contributed by atoms with Crippen molar-refractivity contribution < 1.29 is 14.3 Å². The molecule has 6 nitrogen and oxygen atoms in total. The van der Waals surface area contributed by atoms with Crippen molar-refractivity contribution in [2.24, 2.45) is 0 Å². The maximum atomic E-state index is 12.4. The van der Waals surface area contributed by atoms with E-state index in [4.69, 9.17) is 9.47 Å². The number of pyridine rings is 1. The first-order chi connectivity index (χ1) is 12.2. The Morgan fingerprint density at radius 1 is 1.24 bits per heavy atom. The van der Waals surface area contributed by atoms with Gasteiger partial charge >= 0.3 is 6.09 Å². The second-order valence-electron chi connectivity index (χ2n) is 6.84. The van der Waals surface area contributed by atoms with E-state index in [1.807, 2.05) is 29.2 Å². The summed E-state index contributed by atoms with van der Waals surface area (Å²) in [4.78, 5) is 21.1. The zero-order valence-electron chi connectivity index (χ0n) is 14.6. The first-order valence-corrected chi connectivity index (χ1v) is 8.74. The van der Waals surface area contributed by atoms with E-state index in [0.717, 1.165) is 48.1 Å². The number of aromatic nitrogens is 1. The Kier molecular flexibility index (Phi) is 4.21. The summed E-state index contributed by atoms with van der Waals surface area (Å²) >= 11 is 0. The van der Waals surface area contributed by atoms with Crippen LogP contribution >= 0.6 is 0 Å². The standard InChI is InChI=1S/C19H23N3O3/c1-21-9-6-13(7-10-21)22-12-18(25-19(22)23)15-5-8-20-17-4-3-14(24-2)11-16(15)17/h3-5,8,11,13,18H,6-7,9-10,12H2,1-2H3/t18-/m1/s1. The molecule has 6 heteroatoms. The molecule has 1 aromatic heterocycles. The minimum atomic E-state index is -0.259. The van der Waals surface area contributed by atoms with E-state index in [1.54, 1.807) is 13.3 Å². The molecule has 4 rings (SSSR count). The van der Waals surface area contributed by atoms with Crippen molar-refractivity contribution in [3.05, 3.63) is 36.0 Å². The molecule has 2 aromatic rings. The molecule has 2 aliphatic rings. The molecule has 0 aliphatic carbocycles. The number of hydrogen-bond acceptors (Lipinski definition) is 5. The van der Waals surface area contributed by atoms with Gasteiger partial charge < -0.3 is 19.3 Å². The third-order valence-electron chi connectivity index (χ3n) is 5.30. The minimum Gasteiger partial charge on any atom is -0.497 e. The maximum absolute atomic E-state index is 12.4. The van der Waals surface area contributed by atoms with Crippen molar-refractivity contribution in [3.63, 3.8) is 0 Å². The van der Waals surface area contributed by atoms with Gasteiger partial charge in [0, 0.05) is 23.2 Å². The van der Waals surface area contributed by atoms with Gasteiger partial charge in [0.2, 0.25) is 0 Å². The Hall–Kier alpha value is -2.34. The van der Waals surface area contributed by atoms with Gasteiger partial charge in [0.15, 0.2) is 0 Å².